The minimum Gasteiger partial charge on any atom is -0.451 e. The number of benzene rings is 1. The Morgan fingerprint density at radius 3 is 2.65 bits per heavy atom. The van der Waals surface area contributed by atoms with Gasteiger partial charge >= 0.3 is 5.97 Å². The second kappa shape index (κ2) is 8.97. The molecule has 0 amide bonds. The molecule has 0 spiro atoms. The summed E-state index contributed by atoms with van der Waals surface area (Å²) in [5, 5.41) is 9.04. The number of aryl methyl sites for hydroxylation is 2. The van der Waals surface area contributed by atoms with Crippen LogP contribution in [0.4, 0.5) is 0 Å². The van der Waals surface area contributed by atoms with Crippen LogP contribution in [0, 0.1) is 25.2 Å². The fraction of sp³-hybridized carbons (Fsp3) is 0.300. The van der Waals surface area contributed by atoms with E-state index in [2.05, 4.69) is 14.7 Å². The molecule has 31 heavy (non-hydrogen) atoms. The van der Waals surface area contributed by atoms with Crippen molar-refractivity contribution in [2.75, 3.05) is 6.54 Å². The maximum atomic E-state index is 12.5. The van der Waals surface area contributed by atoms with Crippen molar-refractivity contribution in [2.24, 2.45) is 0 Å². The number of carbonyl (C=O) groups excluding carboxylic acids is 1. The quantitative estimate of drug-likeness (QED) is 0.408. The third kappa shape index (κ3) is 4.82. The molecule has 0 saturated heterocycles. The summed E-state index contributed by atoms with van der Waals surface area (Å²) >= 11 is 1.40. The third-order valence-corrected chi connectivity index (χ3v) is 7.23. The average Bonchev–Trinajstić information content (AvgIpc) is 3.02. The van der Waals surface area contributed by atoms with Crippen LogP contribution in [0.1, 0.15) is 46.1 Å². The number of fused-ring (bicyclic) bond motifs is 1. The minimum atomic E-state index is -3.77. The molecule has 2 aromatic heterocycles. The van der Waals surface area contributed by atoms with Crippen LogP contribution in [-0.2, 0) is 14.8 Å². The lowest BCUT2D eigenvalue weighted by atomic mass is 10.2. The molecule has 3 rings (SSSR count). The van der Waals surface area contributed by atoms with Crippen molar-refractivity contribution >= 4 is 37.5 Å². The number of nitriles is 1. The van der Waals surface area contributed by atoms with Gasteiger partial charge in [0, 0.05) is 17.8 Å². The van der Waals surface area contributed by atoms with Gasteiger partial charge < -0.3 is 9.72 Å². The molecule has 0 radical (unpaired) electrons. The number of aromatic amines is 1. The van der Waals surface area contributed by atoms with Gasteiger partial charge in [-0.2, -0.15) is 5.26 Å². The highest BCUT2D eigenvalue weighted by Crippen LogP contribution is 2.27. The van der Waals surface area contributed by atoms with E-state index in [-0.39, 0.29) is 34.8 Å². The molecular weight excluding hydrogens is 440 g/mol. The molecule has 0 bridgehead atoms. The van der Waals surface area contributed by atoms with E-state index in [0.29, 0.717) is 10.2 Å². The molecule has 1 aromatic carbocycles. The first kappa shape index (κ1) is 22.6. The van der Waals surface area contributed by atoms with E-state index < -0.39 is 22.1 Å². The first-order chi connectivity index (χ1) is 14.6. The van der Waals surface area contributed by atoms with E-state index in [1.165, 1.54) is 35.6 Å². The lowest BCUT2D eigenvalue weighted by molar-refractivity contribution is 0.0320. The predicted molar refractivity (Wildman–Crippen MR) is 115 cm³/mol. The number of nitrogens with one attached hydrogen (secondary N) is 2. The number of hydrogen-bond acceptors (Lipinski definition) is 8. The molecule has 9 nitrogen and oxygen atoms in total. The second-order valence-corrected chi connectivity index (χ2v) is 9.76. The molecule has 0 aliphatic rings. The van der Waals surface area contributed by atoms with Crippen molar-refractivity contribution in [3.8, 4) is 6.07 Å². The molecule has 0 fully saturated rings. The second-order valence-electron chi connectivity index (χ2n) is 6.79. The number of aromatic nitrogens is 2. The average molecular weight is 461 g/mol. The Hall–Kier alpha value is -3.07. The third-order valence-electron chi connectivity index (χ3n) is 4.66. The van der Waals surface area contributed by atoms with Crippen molar-refractivity contribution in [3.63, 3.8) is 0 Å². The first-order valence-corrected chi connectivity index (χ1v) is 11.6. The highest BCUT2D eigenvalue weighted by Gasteiger charge is 2.20. The monoisotopic (exact) mass is 460 g/mol. The summed E-state index contributed by atoms with van der Waals surface area (Å²) in [5.74, 6) is -0.455. The number of esters is 1. The fourth-order valence-electron chi connectivity index (χ4n) is 2.84. The van der Waals surface area contributed by atoms with Gasteiger partial charge in [-0.15, -0.1) is 11.3 Å². The largest absolute Gasteiger partial charge is 0.451 e. The standard InChI is InChI=1S/C20H20N4O5S2/c1-11-13(3)30-19-16(11)18(25)23-17(24-19)12(2)29-20(26)14-5-7-15(8-6-14)31(27,28)22-10-4-9-21/h5-8,12,22H,4,10H2,1-3H3,(H,23,24,25). The summed E-state index contributed by atoms with van der Waals surface area (Å²) in [5.41, 5.74) is 0.736. The molecule has 11 heteroatoms. The van der Waals surface area contributed by atoms with E-state index in [4.69, 9.17) is 10.00 Å². The number of rotatable bonds is 7. The summed E-state index contributed by atoms with van der Waals surface area (Å²) in [6, 6.07) is 7.07. The topological polar surface area (TPSA) is 142 Å². The van der Waals surface area contributed by atoms with Gasteiger partial charge in [-0.05, 0) is 50.6 Å². The maximum Gasteiger partial charge on any atom is 0.338 e. The Bertz CT molecular complexity index is 1330. The van der Waals surface area contributed by atoms with Crippen molar-refractivity contribution in [1.82, 2.24) is 14.7 Å². The Morgan fingerprint density at radius 2 is 2.00 bits per heavy atom. The Morgan fingerprint density at radius 1 is 1.32 bits per heavy atom. The molecule has 162 valence electrons. The lowest BCUT2D eigenvalue weighted by Crippen LogP contribution is -2.24. The van der Waals surface area contributed by atoms with Crippen molar-refractivity contribution in [2.45, 2.75) is 38.2 Å². The van der Waals surface area contributed by atoms with Gasteiger partial charge in [0.1, 0.15) is 4.83 Å². The Labute approximate surface area is 182 Å². The van der Waals surface area contributed by atoms with Gasteiger partial charge in [0.2, 0.25) is 10.0 Å². The molecule has 2 N–H and O–H groups in total. The molecule has 0 aliphatic carbocycles. The van der Waals surface area contributed by atoms with E-state index in [9.17, 15) is 18.0 Å². The van der Waals surface area contributed by atoms with Crippen LogP contribution in [0.5, 0.6) is 0 Å². The van der Waals surface area contributed by atoms with Crippen LogP contribution in [0.15, 0.2) is 34.0 Å². The van der Waals surface area contributed by atoms with Crippen molar-refractivity contribution in [3.05, 3.63) is 56.4 Å². The number of carbonyl (C=O) groups is 1. The molecule has 2 heterocycles. The number of ether oxygens (including phenoxy) is 1. The van der Waals surface area contributed by atoms with Crippen molar-refractivity contribution < 1.29 is 17.9 Å². The van der Waals surface area contributed by atoms with E-state index in [1.54, 1.807) is 6.92 Å². The SMILES string of the molecule is Cc1sc2nc(C(C)OC(=O)c3ccc(S(=O)(=O)NCCC#N)cc3)[nH]c(=O)c2c1C. The molecule has 0 saturated carbocycles. The zero-order valence-corrected chi connectivity index (χ0v) is 18.7. The molecule has 0 aliphatic heterocycles. The molecule has 1 atom stereocenters. The number of H-pyrrole nitrogens is 1. The summed E-state index contributed by atoms with van der Waals surface area (Å²) in [7, 11) is -3.77. The van der Waals surface area contributed by atoms with Gasteiger partial charge in [-0.1, -0.05) is 0 Å². The summed E-state index contributed by atoms with van der Waals surface area (Å²) in [4.78, 5) is 33.5. The van der Waals surface area contributed by atoms with Crippen LogP contribution in [0.25, 0.3) is 10.2 Å². The van der Waals surface area contributed by atoms with Crippen molar-refractivity contribution in [1.29, 1.82) is 5.26 Å². The Kier molecular flexibility index (Phi) is 6.54. The zero-order chi connectivity index (χ0) is 22.8. The molecular formula is C20H20N4O5S2. The number of hydrogen-bond donors (Lipinski definition) is 2. The van der Waals surface area contributed by atoms with E-state index in [1.807, 2.05) is 19.9 Å². The van der Waals surface area contributed by atoms with Gasteiger partial charge in [-0.3, -0.25) is 4.79 Å². The molecule has 3 aromatic rings. The molecule has 1 unspecified atom stereocenters. The van der Waals surface area contributed by atoms with E-state index in [0.717, 1.165) is 10.4 Å². The van der Waals surface area contributed by atoms with Crippen LogP contribution >= 0.6 is 11.3 Å². The lowest BCUT2D eigenvalue weighted by Gasteiger charge is -2.13. The summed E-state index contributed by atoms with van der Waals surface area (Å²) < 4.78 is 32.0. The highest BCUT2D eigenvalue weighted by molar-refractivity contribution is 7.89. The van der Waals surface area contributed by atoms with Gasteiger partial charge in [0.15, 0.2) is 11.9 Å². The summed E-state index contributed by atoms with van der Waals surface area (Å²) in [6.07, 6.45) is -0.767. The zero-order valence-electron chi connectivity index (χ0n) is 17.1. The first-order valence-electron chi connectivity index (χ1n) is 9.31. The van der Waals surface area contributed by atoms with Crippen LogP contribution in [0.3, 0.4) is 0 Å². The van der Waals surface area contributed by atoms with Gasteiger partial charge in [0.25, 0.3) is 5.56 Å². The number of thiophene rings is 1. The maximum absolute atomic E-state index is 12.5. The van der Waals surface area contributed by atoms with Gasteiger partial charge in [0.05, 0.1) is 21.9 Å². The number of nitrogens with zero attached hydrogens (tertiary/aromatic N) is 2. The minimum absolute atomic E-state index is 0.00102. The van der Waals surface area contributed by atoms with E-state index >= 15 is 0 Å². The van der Waals surface area contributed by atoms with Gasteiger partial charge in [-0.25, -0.2) is 22.9 Å². The van der Waals surface area contributed by atoms with Crippen LogP contribution in [0.2, 0.25) is 0 Å². The predicted octanol–water partition coefficient (Wildman–Crippen LogP) is 2.71. The Balaban J connectivity index is 1.75. The normalized spacial score (nSPS) is 12.5. The van der Waals surface area contributed by atoms with Crippen LogP contribution < -0.4 is 10.3 Å². The smallest absolute Gasteiger partial charge is 0.338 e. The summed E-state index contributed by atoms with van der Waals surface area (Å²) in [6.45, 7) is 5.36. The number of sulfonamides is 1. The fourth-order valence-corrected chi connectivity index (χ4v) is 4.91. The highest BCUT2D eigenvalue weighted by atomic mass is 32.2. The van der Waals surface area contributed by atoms with Crippen LogP contribution in [-0.4, -0.2) is 30.9 Å².